The van der Waals surface area contributed by atoms with Crippen molar-refractivity contribution in [2.75, 3.05) is 5.32 Å². The molecule has 0 radical (unpaired) electrons. The zero-order chi connectivity index (χ0) is 17.0. The van der Waals surface area contributed by atoms with Crippen LogP contribution in [-0.4, -0.2) is 33.0 Å². The fourth-order valence-corrected chi connectivity index (χ4v) is 2.51. The van der Waals surface area contributed by atoms with E-state index >= 15 is 0 Å². The van der Waals surface area contributed by atoms with E-state index in [0.717, 1.165) is 6.07 Å². The molecule has 0 unspecified atom stereocenters. The first-order valence-electron chi connectivity index (χ1n) is 6.44. The average molecular weight is 335 g/mol. The lowest BCUT2D eigenvalue weighted by molar-refractivity contribution is -0.115. The fraction of sp³-hybridized carbons (Fsp3) is 0.143. The van der Waals surface area contributed by atoms with Crippen LogP contribution in [0.2, 0.25) is 0 Å². The molecule has 9 heteroatoms. The summed E-state index contributed by atoms with van der Waals surface area (Å²) < 4.78 is 0. The Morgan fingerprint density at radius 3 is 2.22 bits per heavy atom. The standard InChI is InChI=1S/C14H13N3O5S/c15-5-12-17-10(6-23-12)4-11(18)16-9-2-7(13(19)20)1-8(3-9)14(21)22/h1-3,6H,4-5,15H2,(H,16,18)(H,19,20)(H,21,22). The molecule has 0 spiro atoms. The fourth-order valence-electron chi connectivity index (χ4n) is 1.84. The average Bonchev–Trinajstić information content (AvgIpc) is 2.94. The van der Waals surface area contributed by atoms with Gasteiger partial charge in [0.1, 0.15) is 5.01 Å². The van der Waals surface area contributed by atoms with Gasteiger partial charge >= 0.3 is 11.9 Å². The first-order valence-corrected chi connectivity index (χ1v) is 7.32. The SMILES string of the molecule is NCc1nc(CC(=O)Nc2cc(C(=O)O)cc(C(=O)O)c2)cs1. The smallest absolute Gasteiger partial charge is 0.335 e. The quantitative estimate of drug-likeness (QED) is 0.620. The summed E-state index contributed by atoms with van der Waals surface area (Å²) in [4.78, 5) is 38.1. The van der Waals surface area contributed by atoms with Crippen LogP contribution in [0.15, 0.2) is 23.6 Å². The largest absolute Gasteiger partial charge is 0.478 e. The predicted molar refractivity (Wildman–Crippen MR) is 82.7 cm³/mol. The van der Waals surface area contributed by atoms with E-state index in [1.54, 1.807) is 5.38 Å². The third kappa shape index (κ3) is 4.34. The highest BCUT2D eigenvalue weighted by molar-refractivity contribution is 7.09. The van der Waals surface area contributed by atoms with Crippen molar-refractivity contribution in [1.29, 1.82) is 0 Å². The molecule has 2 rings (SSSR count). The van der Waals surface area contributed by atoms with Gasteiger partial charge in [0.25, 0.3) is 0 Å². The summed E-state index contributed by atoms with van der Waals surface area (Å²) in [7, 11) is 0. The first kappa shape index (κ1) is 16.6. The van der Waals surface area contributed by atoms with Crippen molar-refractivity contribution in [1.82, 2.24) is 4.98 Å². The monoisotopic (exact) mass is 335 g/mol. The lowest BCUT2D eigenvalue weighted by Crippen LogP contribution is -2.16. The van der Waals surface area contributed by atoms with Gasteiger partial charge in [-0.2, -0.15) is 0 Å². The topological polar surface area (TPSA) is 143 Å². The lowest BCUT2D eigenvalue weighted by atomic mass is 10.1. The molecular formula is C14H13N3O5S. The van der Waals surface area contributed by atoms with E-state index in [4.69, 9.17) is 15.9 Å². The summed E-state index contributed by atoms with van der Waals surface area (Å²) >= 11 is 1.34. The first-order chi connectivity index (χ1) is 10.9. The molecule has 0 saturated carbocycles. The normalized spacial score (nSPS) is 10.3. The molecule has 0 aliphatic heterocycles. The summed E-state index contributed by atoms with van der Waals surface area (Å²) in [6.45, 7) is 0.287. The van der Waals surface area contributed by atoms with E-state index < -0.39 is 17.8 Å². The van der Waals surface area contributed by atoms with Gasteiger partial charge in [0, 0.05) is 17.6 Å². The second-order valence-corrected chi connectivity index (χ2v) is 5.51. The minimum Gasteiger partial charge on any atom is -0.478 e. The van der Waals surface area contributed by atoms with Crippen LogP contribution >= 0.6 is 11.3 Å². The maximum absolute atomic E-state index is 12.0. The van der Waals surface area contributed by atoms with Crippen molar-refractivity contribution < 1.29 is 24.6 Å². The van der Waals surface area contributed by atoms with E-state index in [0.29, 0.717) is 10.7 Å². The van der Waals surface area contributed by atoms with Crippen LogP contribution < -0.4 is 11.1 Å². The Morgan fingerprint density at radius 2 is 1.74 bits per heavy atom. The minimum atomic E-state index is -1.28. The number of nitrogens with zero attached hydrogens (tertiary/aromatic N) is 1. The number of nitrogens with two attached hydrogens (primary N) is 1. The molecule has 0 saturated heterocycles. The number of hydrogen-bond donors (Lipinski definition) is 4. The Balaban J connectivity index is 2.16. The molecule has 1 amide bonds. The Kier molecular flexibility index (Phi) is 5.04. The van der Waals surface area contributed by atoms with Gasteiger partial charge in [-0.1, -0.05) is 0 Å². The Morgan fingerprint density at radius 1 is 1.13 bits per heavy atom. The number of thiazole rings is 1. The van der Waals surface area contributed by atoms with Crippen LogP contribution in [0.1, 0.15) is 31.4 Å². The number of aromatic carboxylic acids is 2. The molecule has 0 fully saturated rings. The zero-order valence-electron chi connectivity index (χ0n) is 11.8. The third-order valence-corrected chi connectivity index (χ3v) is 3.75. The van der Waals surface area contributed by atoms with Crippen molar-refractivity contribution in [2.45, 2.75) is 13.0 Å². The highest BCUT2D eigenvalue weighted by Crippen LogP contribution is 2.16. The molecular weight excluding hydrogens is 322 g/mol. The highest BCUT2D eigenvalue weighted by atomic mass is 32.1. The Hall–Kier alpha value is -2.78. The van der Waals surface area contributed by atoms with Gasteiger partial charge in [-0.05, 0) is 18.2 Å². The number of carboxylic acids is 2. The van der Waals surface area contributed by atoms with E-state index in [9.17, 15) is 14.4 Å². The summed E-state index contributed by atoms with van der Waals surface area (Å²) in [5.41, 5.74) is 5.64. The second kappa shape index (κ2) is 6.99. The van der Waals surface area contributed by atoms with Gasteiger partial charge < -0.3 is 21.3 Å². The predicted octanol–water partition coefficient (Wildman–Crippen LogP) is 1.18. The number of carbonyl (C=O) groups excluding carboxylic acids is 1. The van der Waals surface area contributed by atoms with E-state index in [-0.39, 0.29) is 29.8 Å². The van der Waals surface area contributed by atoms with E-state index in [1.807, 2.05) is 0 Å². The number of anilines is 1. The molecule has 1 heterocycles. The number of carbonyl (C=O) groups is 3. The lowest BCUT2D eigenvalue weighted by Gasteiger charge is -2.07. The number of carboxylic acid groups (broad SMARTS) is 2. The van der Waals surface area contributed by atoms with Crippen molar-refractivity contribution in [3.05, 3.63) is 45.4 Å². The molecule has 0 bridgehead atoms. The molecule has 5 N–H and O–H groups in total. The number of aromatic nitrogens is 1. The van der Waals surface area contributed by atoms with Crippen LogP contribution in [0.3, 0.4) is 0 Å². The van der Waals surface area contributed by atoms with Gasteiger partial charge in [0.2, 0.25) is 5.91 Å². The summed E-state index contributed by atoms with van der Waals surface area (Å²) in [6, 6.07) is 3.41. The molecule has 120 valence electrons. The Bertz CT molecular complexity index is 739. The summed E-state index contributed by atoms with van der Waals surface area (Å²) in [5, 5.41) is 22.9. The molecule has 23 heavy (non-hydrogen) atoms. The molecule has 0 aliphatic rings. The summed E-state index contributed by atoms with van der Waals surface area (Å²) in [6.07, 6.45) is -0.0177. The van der Waals surface area contributed by atoms with Gasteiger partial charge in [-0.15, -0.1) is 11.3 Å². The molecule has 1 aromatic carbocycles. The second-order valence-electron chi connectivity index (χ2n) is 4.57. The maximum Gasteiger partial charge on any atom is 0.335 e. The molecule has 0 atom stereocenters. The van der Waals surface area contributed by atoms with Gasteiger partial charge in [0.05, 0.1) is 23.2 Å². The number of rotatable bonds is 6. The zero-order valence-corrected chi connectivity index (χ0v) is 12.6. The highest BCUT2D eigenvalue weighted by Gasteiger charge is 2.14. The minimum absolute atomic E-state index is 0.0177. The number of amides is 1. The van der Waals surface area contributed by atoms with Crippen LogP contribution in [0.4, 0.5) is 5.69 Å². The van der Waals surface area contributed by atoms with E-state index in [2.05, 4.69) is 10.3 Å². The maximum atomic E-state index is 12.0. The van der Waals surface area contributed by atoms with Gasteiger partial charge in [-0.3, -0.25) is 4.79 Å². The van der Waals surface area contributed by atoms with Crippen LogP contribution in [0.5, 0.6) is 0 Å². The van der Waals surface area contributed by atoms with Crippen molar-refractivity contribution in [3.63, 3.8) is 0 Å². The van der Waals surface area contributed by atoms with Crippen LogP contribution in [-0.2, 0) is 17.8 Å². The third-order valence-electron chi connectivity index (χ3n) is 2.83. The van der Waals surface area contributed by atoms with E-state index in [1.165, 1.54) is 23.5 Å². The van der Waals surface area contributed by atoms with Crippen molar-refractivity contribution >= 4 is 34.9 Å². The Labute approximate surface area is 134 Å². The van der Waals surface area contributed by atoms with Crippen LogP contribution in [0, 0.1) is 0 Å². The molecule has 8 nitrogen and oxygen atoms in total. The number of hydrogen-bond acceptors (Lipinski definition) is 6. The molecule has 1 aromatic heterocycles. The van der Waals surface area contributed by atoms with Crippen LogP contribution in [0.25, 0.3) is 0 Å². The van der Waals surface area contributed by atoms with Gasteiger partial charge in [0.15, 0.2) is 0 Å². The summed E-state index contributed by atoms with van der Waals surface area (Å²) in [5.74, 6) is -3.00. The van der Waals surface area contributed by atoms with Gasteiger partial charge in [-0.25, -0.2) is 14.6 Å². The van der Waals surface area contributed by atoms with Crippen molar-refractivity contribution in [3.8, 4) is 0 Å². The number of benzene rings is 1. The van der Waals surface area contributed by atoms with Crippen molar-refractivity contribution in [2.24, 2.45) is 5.73 Å². The molecule has 2 aromatic rings. The number of nitrogens with one attached hydrogen (secondary N) is 1. The molecule has 0 aliphatic carbocycles.